The van der Waals surface area contributed by atoms with Gasteiger partial charge in [-0.25, -0.2) is 0 Å². The van der Waals surface area contributed by atoms with Crippen molar-refractivity contribution in [1.29, 1.82) is 0 Å². The molecular formula is C15H24ClNO. The van der Waals surface area contributed by atoms with E-state index in [2.05, 4.69) is 13.8 Å². The molecule has 0 bridgehead atoms. The Hall–Kier alpha value is -0.730. The van der Waals surface area contributed by atoms with Gasteiger partial charge in [0.1, 0.15) is 0 Å². The monoisotopic (exact) mass is 269 g/mol. The molecule has 0 aliphatic heterocycles. The number of nitrogen functional groups attached to an aromatic ring is 1. The zero-order valence-corrected chi connectivity index (χ0v) is 12.2. The van der Waals surface area contributed by atoms with Crippen LogP contribution in [0.25, 0.3) is 0 Å². The summed E-state index contributed by atoms with van der Waals surface area (Å²) in [6.07, 6.45) is 6.53. The molecule has 1 aromatic carbocycles. The van der Waals surface area contributed by atoms with Gasteiger partial charge in [0.15, 0.2) is 0 Å². The van der Waals surface area contributed by atoms with Crippen LogP contribution in [-0.4, -0.2) is 6.10 Å². The van der Waals surface area contributed by atoms with Crippen LogP contribution in [0.1, 0.15) is 51.5 Å². The highest BCUT2D eigenvalue weighted by molar-refractivity contribution is 6.31. The zero-order chi connectivity index (χ0) is 13.4. The minimum atomic E-state index is 0.287. The summed E-state index contributed by atoms with van der Waals surface area (Å²) in [7, 11) is 0. The lowest BCUT2D eigenvalue weighted by Gasteiger charge is -2.13. The second-order valence-electron chi connectivity index (χ2n) is 4.82. The molecule has 18 heavy (non-hydrogen) atoms. The summed E-state index contributed by atoms with van der Waals surface area (Å²) < 4.78 is 5.80. The van der Waals surface area contributed by atoms with Gasteiger partial charge < -0.3 is 10.5 Å². The fraction of sp³-hybridized carbons (Fsp3) is 0.600. The maximum absolute atomic E-state index is 6.10. The van der Waals surface area contributed by atoms with E-state index in [1.54, 1.807) is 6.07 Å². The minimum absolute atomic E-state index is 0.287. The summed E-state index contributed by atoms with van der Waals surface area (Å²) in [5, 5.41) is 0.688. The Bertz CT molecular complexity index is 354. The third-order valence-electron chi connectivity index (χ3n) is 3.06. The van der Waals surface area contributed by atoms with Gasteiger partial charge in [-0.05, 0) is 31.0 Å². The Balaban J connectivity index is 2.27. The SMILES string of the molecule is CCCCCCC(C)OCc1ccc(N)cc1Cl. The normalized spacial score (nSPS) is 12.6. The molecule has 2 N–H and O–H groups in total. The van der Waals surface area contributed by atoms with Crippen LogP contribution in [0.5, 0.6) is 0 Å². The van der Waals surface area contributed by atoms with Crippen LogP contribution in [0.4, 0.5) is 5.69 Å². The Morgan fingerprint density at radius 1 is 1.28 bits per heavy atom. The first-order chi connectivity index (χ1) is 8.63. The van der Waals surface area contributed by atoms with Gasteiger partial charge in [0.25, 0.3) is 0 Å². The number of ether oxygens (including phenoxy) is 1. The number of hydrogen-bond acceptors (Lipinski definition) is 2. The van der Waals surface area contributed by atoms with E-state index < -0.39 is 0 Å². The molecule has 3 heteroatoms. The van der Waals surface area contributed by atoms with Crippen LogP contribution in [0.3, 0.4) is 0 Å². The molecule has 0 aliphatic carbocycles. The molecule has 0 fully saturated rings. The Morgan fingerprint density at radius 2 is 2.06 bits per heavy atom. The molecule has 0 amide bonds. The molecule has 0 spiro atoms. The molecule has 1 rings (SSSR count). The smallest absolute Gasteiger partial charge is 0.0734 e. The second-order valence-corrected chi connectivity index (χ2v) is 5.23. The number of hydrogen-bond donors (Lipinski definition) is 1. The molecule has 0 saturated carbocycles. The van der Waals surface area contributed by atoms with Gasteiger partial charge in [-0.3, -0.25) is 0 Å². The van der Waals surface area contributed by atoms with Crippen molar-refractivity contribution >= 4 is 17.3 Å². The van der Waals surface area contributed by atoms with Gasteiger partial charge in [0, 0.05) is 10.7 Å². The molecular weight excluding hydrogens is 246 g/mol. The van der Waals surface area contributed by atoms with E-state index in [4.69, 9.17) is 22.1 Å². The van der Waals surface area contributed by atoms with E-state index in [0.29, 0.717) is 17.3 Å². The third-order valence-corrected chi connectivity index (χ3v) is 3.42. The van der Waals surface area contributed by atoms with Crippen molar-refractivity contribution in [2.24, 2.45) is 0 Å². The lowest BCUT2D eigenvalue weighted by atomic mass is 10.1. The number of benzene rings is 1. The van der Waals surface area contributed by atoms with Crippen molar-refractivity contribution in [3.05, 3.63) is 28.8 Å². The Labute approximate surface area is 115 Å². The van der Waals surface area contributed by atoms with E-state index in [-0.39, 0.29) is 6.10 Å². The fourth-order valence-corrected chi connectivity index (χ4v) is 2.10. The maximum atomic E-state index is 6.10. The Morgan fingerprint density at radius 3 is 2.72 bits per heavy atom. The maximum Gasteiger partial charge on any atom is 0.0734 e. The minimum Gasteiger partial charge on any atom is -0.399 e. The zero-order valence-electron chi connectivity index (χ0n) is 11.4. The topological polar surface area (TPSA) is 35.2 Å². The molecule has 2 nitrogen and oxygen atoms in total. The van der Waals surface area contributed by atoms with E-state index in [1.807, 2.05) is 12.1 Å². The van der Waals surface area contributed by atoms with Crippen molar-refractivity contribution in [2.45, 2.75) is 58.7 Å². The van der Waals surface area contributed by atoms with Crippen molar-refractivity contribution in [1.82, 2.24) is 0 Å². The van der Waals surface area contributed by atoms with Gasteiger partial charge >= 0.3 is 0 Å². The highest BCUT2D eigenvalue weighted by atomic mass is 35.5. The standard InChI is InChI=1S/C15H24ClNO/c1-3-4-5-6-7-12(2)18-11-13-8-9-14(17)10-15(13)16/h8-10,12H,3-7,11,17H2,1-2H3. The summed E-state index contributed by atoms with van der Waals surface area (Å²) in [4.78, 5) is 0. The van der Waals surface area contributed by atoms with Gasteiger partial charge in [0.05, 0.1) is 12.7 Å². The van der Waals surface area contributed by atoms with E-state index in [9.17, 15) is 0 Å². The molecule has 1 aromatic rings. The largest absolute Gasteiger partial charge is 0.399 e. The lowest BCUT2D eigenvalue weighted by molar-refractivity contribution is 0.0459. The number of anilines is 1. The number of nitrogens with two attached hydrogens (primary N) is 1. The highest BCUT2D eigenvalue weighted by Gasteiger charge is 2.05. The average Bonchev–Trinajstić information content (AvgIpc) is 2.33. The molecule has 1 unspecified atom stereocenters. The van der Waals surface area contributed by atoms with Gasteiger partial charge in [0.2, 0.25) is 0 Å². The first-order valence-electron chi connectivity index (χ1n) is 6.79. The average molecular weight is 270 g/mol. The summed E-state index contributed by atoms with van der Waals surface area (Å²) in [5.74, 6) is 0. The predicted octanol–water partition coefficient (Wildman–Crippen LogP) is 4.80. The Kier molecular flexibility index (Phi) is 7.14. The van der Waals surface area contributed by atoms with Crippen LogP contribution in [0.2, 0.25) is 5.02 Å². The lowest BCUT2D eigenvalue weighted by Crippen LogP contribution is -2.08. The molecule has 0 radical (unpaired) electrons. The van der Waals surface area contributed by atoms with Crippen LogP contribution >= 0.6 is 11.6 Å². The van der Waals surface area contributed by atoms with Crippen LogP contribution < -0.4 is 5.73 Å². The first-order valence-corrected chi connectivity index (χ1v) is 7.16. The fourth-order valence-electron chi connectivity index (χ4n) is 1.85. The molecule has 1 atom stereocenters. The molecule has 0 heterocycles. The van der Waals surface area contributed by atoms with Crippen LogP contribution in [0, 0.1) is 0 Å². The molecule has 0 aliphatic rings. The van der Waals surface area contributed by atoms with Crippen molar-refractivity contribution < 1.29 is 4.74 Å². The van der Waals surface area contributed by atoms with Gasteiger partial charge in [-0.15, -0.1) is 0 Å². The van der Waals surface area contributed by atoms with Gasteiger partial charge in [-0.2, -0.15) is 0 Å². The van der Waals surface area contributed by atoms with E-state index in [0.717, 1.165) is 12.0 Å². The number of rotatable bonds is 8. The summed E-state index contributed by atoms with van der Waals surface area (Å²) in [6, 6.07) is 5.56. The molecule has 0 saturated heterocycles. The van der Waals surface area contributed by atoms with Gasteiger partial charge in [-0.1, -0.05) is 50.3 Å². The quantitative estimate of drug-likeness (QED) is 0.544. The van der Waals surface area contributed by atoms with Crippen molar-refractivity contribution in [2.75, 3.05) is 5.73 Å². The third kappa shape index (κ3) is 5.74. The number of unbranched alkanes of at least 4 members (excludes halogenated alkanes) is 3. The molecule has 102 valence electrons. The second kappa shape index (κ2) is 8.39. The van der Waals surface area contributed by atoms with Crippen molar-refractivity contribution in [3.63, 3.8) is 0 Å². The molecule has 0 aromatic heterocycles. The first kappa shape index (κ1) is 15.3. The van der Waals surface area contributed by atoms with E-state index in [1.165, 1.54) is 25.7 Å². The summed E-state index contributed by atoms with van der Waals surface area (Å²) in [5.41, 5.74) is 7.35. The van der Waals surface area contributed by atoms with Crippen LogP contribution in [0.15, 0.2) is 18.2 Å². The van der Waals surface area contributed by atoms with Crippen LogP contribution in [-0.2, 0) is 11.3 Å². The number of halogens is 1. The summed E-state index contributed by atoms with van der Waals surface area (Å²) in [6.45, 7) is 4.91. The van der Waals surface area contributed by atoms with Crippen molar-refractivity contribution in [3.8, 4) is 0 Å². The summed E-state index contributed by atoms with van der Waals surface area (Å²) >= 11 is 6.10. The predicted molar refractivity (Wildman–Crippen MR) is 78.9 cm³/mol. The van der Waals surface area contributed by atoms with E-state index >= 15 is 0 Å². The highest BCUT2D eigenvalue weighted by Crippen LogP contribution is 2.21.